The maximum atomic E-state index is 13.9. The molecule has 27 heavy (non-hydrogen) atoms. The Hall–Kier alpha value is -3.23. The average molecular weight is 374 g/mol. The maximum absolute atomic E-state index is 13.9. The zero-order valence-corrected chi connectivity index (χ0v) is 15.0. The van der Waals surface area contributed by atoms with E-state index in [0.29, 0.717) is 41.9 Å². The Bertz CT molecular complexity index is 906. The first-order valence-electron chi connectivity index (χ1n) is 8.44. The smallest absolute Gasteiger partial charge is 0.216 e. The van der Waals surface area contributed by atoms with Crippen LogP contribution < -0.4 is 10.6 Å². The van der Waals surface area contributed by atoms with Crippen LogP contribution in [-0.2, 0) is 6.42 Å². The second-order valence-electron chi connectivity index (χ2n) is 5.86. The average Bonchev–Trinajstić information content (AvgIpc) is 3.32. The molecule has 0 amide bonds. The van der Waals surface area contributed by atoms with Crippen molar-refractivity contribution in [1.29, 1.82) is 0 Å². The number of furan rings is 1. The molecule has 0 saturated heterocycles. The Balaban J connectivity index is 1.52. The predicted octanol–water partition coefficient (Wildman–Crippen LogP) is 2.81. The standard InChI is InChI=1S/C18H20F2N6O/c1-11(13-6-5-12(19)10-14(13)20)23-18(21-2)22-8-7-16-24-17(26-25-16)15-4-3-9-27-15/h3-6,9-11H,7-8H2,1-2H3,(H2,21,22,23)(H,24,25,26). The van der Waals surface area contributed by atoms with Gasteiger partial charge in [-0.25, -0.2) is 13.8 Å². The molecule has 1 aromatic carbocycles. The fourth-order valence-corrected chi connectivity index (χ4v) is 2.55. The first kappa shape index (κ1) is 18.6. The van der Waals surface area contributed by atoms with Crippen LogP contribution in [0.15, 0.2) is 46.0 Å². The third-order valence-electron chi connectivity index (χ3n) is 3.93. The quantitative estimate of drug-likeness (QED) is 0.456. The Morgan fingerprint density at radius 3 is 2.89 bits per heavy atom. The van der Waals surface area contributed by atoms with E-state index in [9.17, 15) is 8.78 Å². The molecular weight excluding hydrogens is 354 g/mol. The van der Waals surface area contributed by atoms with Crippen LogP contribution in [-0.4, -0.2) is 34.7 Å². The number of hydrogen-bond acceptors (Lipinski definition) is 4. The molecular formula is C18H20F2N6O. The van der Waals surface area contributed by atoms with E-state index in [-0.39, 0.29) is 6.04 Å². The lowest BCUT2D eigenvalue weighted by atomic mass is 10.1. The molecule has 0 aliphatic rings. The van der Waals surface area contributed by atoms with Crippen molar-refractivity contribution in [3.05, 3.63) is 59.6 Å². The molecule has 3 aromatic rings. The topological polar surface area (TPSA) is 91.1 Å². The van der Waals surface area contributed by atoms with E-state index in [2.05, 4.69) is 30.8 Å². The molecule has 0 fully saturated rings. The van der Waals surface area contributed by atoms with E-state index in [4.69, 9.17) is 4.42 Å². The minimum absolute atomic E-state index is 0.359. The van der Waals surface area contributed by atoms with Crippen LogP contribution in [0.25, 0.3) is 11.6 Å². The van der Waals surface area contributed by atoms with Gasteiger partial charge in [-0.2, -0.15) is 5.10 Å². The molecule has 2 aromatic heterocycles. The summed E-state index contributed by atoms with van der Waals surface area (Å²) in [5.74, 6) is 1.08. The summed E-state index contributed by atoms with van der Waals surface area (Å²) in [7, 11) is 1.62. The summed E-state index contributed by atoms with van der Waals surface area (Å²) in [4.78, 5) is 8.47. The van der Waals surface area contributed by atoms with E-state index in [1.165, 1.54) is 12.1 Å². The van der Waals surface area contributed by atoms with Crippen LogP contribution in [0.5, 0.6) is 0 Å². The molecule has 3 rings (SSSR count). The van der Waals surface area contributed by atoms with E-state index >= 15 is 0 Å². The fraction of sp³-hybridized carbons (Fsp3) is 0.278. The number of hydrogen-bond donors (Lipinski definition) is 3. The van der Waals surface area contributed by atoms with Crippen molar-refractivity contribution in [3.8, 4) is 11.6 Å². The molecule has 0 spiro atoms. The highest BCUT2D eigenvalue weighted by Crippen LogP contribution is 2.17. The van der Waals surface area contributed by atoms with Crippen LogP contribution in [0, 0.1) is 11.6 Å². The summed E-state index contributed by atoms with van der Waals surface area (Å²) in [5.41, 5.74) is 0.359. The summed E-state index contributed by atoms with van der Waals surface area (Å²) in [6.07, 6.45) is 2.14. The monoisotopic (exact) mass is 374 g/mol. The SMILES string of the molecule is CN=C(NCCc1nc(-c2ccco2)n[nH]1)NC(C)c1ccc(F)cc1F. The molecule has 2 heterocycles. The number of guanidine groups is 1. The van der Waals surface area contributed by atoms with E-state index in [1.54, 1.807) is 32.4 Å². The first-order chi connectivity index (χ1) is 13.1. The van der Waals surface area contributed by atoms with Crippen molar-refractivity contribution in [1.82, 2.24) is 25.8 Å². The number of aromatic nitrogens is 3. The number of aromatic amines is 1. The molecule has 3 N–H and O–H groups in total. The zero-order chi connectivity index (χ0) is 19.2. The van der Waals surface area contributed by atoms with Gasteiger partial charge in [-0.05, 0) is 25.1 Å². The van der Waals surface area contributed by atoms with Crippen LogP contribution in [0.1, 0.15) is 24.4 Å². The number of H-pyrrole nitrogens is 1. The van der Waals surface area contributed by atoms with Crippen molar-refractivity contribution >= 4 is 5.96 Å². The molecule has 9 heteroatoms. The highest BCUT2D eigenvalue weighted by molar-refractivity contribution is 5.80. The van der Waals surface area contributed by atoms with Gasteiger partial charge in [0, 0.05) is 31.6 Å². The molecule has 1 atom stereocenters. The van der Waals surface area contributed by atoms with Crippen LogP contribution in [0.3, 0.4) is 0 Å². The van der Waals surface area contributed by atoms with Gasteiger partial charge in [0.25, 0.3) is 0 Å². The van der Waals surface area contributed by atoms with Gasteiger partial charge in [0.05, 0.1) is 12.3 Å². The van der Waals surface area contributed by atoms with Crippen molar-refractivity contribution in [2.45, 2.75) is 19.4 Å². The predicted molar refractivity (Wildman–Crippen MR) is 97.1 cm³/mol. The third kappa shape index (κ3) is 4.69. The van der Waals surface area contributed by atoms with Crippen LogP contribution >= 0.6 is 0 Å². The normalized spacial score (nSPS) is 12.8. The summed E-state index contributed by atoms with van der Waals surface area (Å²) in [6, 6.07) is 6.69. The number of nitrogens with one attached hydrogen (secondary N) is 3. The van der Waals surface area contributed by atoms with E-state index < -0.39 is 11.6 Å². The molecule has 0 radical (unpaired) electrons. The van der Waals surface area contributed by atoms with Crippen LogP contribution in [0.2, 0.25) is 0 Å². The number of nitrogens with zero attached hydrogens (tertiary/aromatic N) is 3. The number of halogens is 2. The molecule has 142 valence electrons. The fourth-order valence-electron chi connectivity index (χ4n) is 2.55. The number of rotatable bonds is 6. The van der Waals surface area contributed by atoms with Crippen molar-refractivity contribution < 1.29 is 13.2 Å². The van der Waals surface area contributed by atoms with Gasteiger partial charge in [-0.15, -0.1) is 0 Å². The summed E-state index contributed by atoms with van der Waals surface area (Å²) in [5, 5.41) is 13.2. The molecule has 7 nitrogen and oxygen atoms in total. The Labute approximate surface area is 154 Å². The summed E-state index contributed by atoms with van der Waals surface area (Å²) in [6.45, 7) is 2.31. The lowest BCUT2D eigenvalue weighted by molar-refractivity contribution is 0.550. The first-order valence-corrected chi connectivity index (χ1v) is 8.44. The molecule has 1 unspecified atom stereocenters. The number of benzene rings is 1. The minimum Gasteiger partial charge on any atom is -0.461 e. The van der Waals surface area contributed by atoms with Crippen molar-refractivity contribution in [3.63, 3.8) is 0 Å². The van der Waals surface area contributed by atoms with Gasteiger partial charge >= 0.3 is 0 Å². The van der Waals surface area contributed by atoms with Crippen molar-refractivity contribution in [2.24, 2.45) is 4.99 Å². The van der Waals surface area contributed by atoms with E-state index in [1.807, 2.05) is 0 Å². The van der Waals surface area contributed by atoms with Gasteiger partial charge < -0.3 is 15.1 Å². The van der Waals surface area contributed by atoms with Gasteiger partial charge in [0.15, 0.2) is 11.7 Å². The molecule has 0 bridgehead atoms. The van der Waals surface area contributed by atoms with E-state index in [0.717, 1.165) is 6.07 Å². The summed E-state index contributed by atoms with van der Waals surface area (Å²) < 4.78 is 32.2. The number of aliphatic imine (C=N–C) groups is 1. The highest BCUT2D eigenvalue weighted by Gasteiger charge is 2.13. The second kappa shape index (κ2) is 8.43. The van der Waals surface area contributed by atoms with Gasteiger partial charge in [-0.3, -0.25) is 10.1 Å². The Morgan fingerprint density at radius 2 is 2.19 bits per heavy atom. The minimum atomic E-state index is -0.605. The van der Waals surface area contributed by atoms with Crippen LogP contribution in [0.4, 0.5) is 8.78 Å². The van der Waals surface area contributed by atoms with Gasteiger partial charge in [0.1, 0.15) is 17.5 Å². The second-order valence-corrected chi connectivity index (χ2v) is 5.86. The summed E-state index contributed by atoms with van der Waals surface area (Å²) >= 11 is 0. The largest absolute Gasteiger partial charge is 0.461 e. The zero-order valence-electron chi connectivity index (χ0n) is 15.0. The third-order valence-corrected chi connectivity index (χ3v) is 3.93. The highest BCUT2D eigenvalue weighted by atomic mass is 19.1. The molecule has 0 aliphatic carbocycles. The molecule has 0 aliphatic heterocycles. The Kier molecular flexibility index (Phi) is 5.80. The Morgan fingerprint density at radius 1 is 1.33 bits per heavy atom. The lowest BCUT2D eigenvalue weighted by Crippen LogP contribution is -2.39. The van der Waals surface area contributed by atoms with Crippen molar-refractivity contribution in [2.75, 3.05) is 13.6 Å². The molecule has 0 saturated carbocycles. The van der Waals surface area contributed by atoms with Gasteiger partial charge in [0.2, 0.25) is 5.82 Å². The maximum Gasteiger partial charge on any atom is 0.216 e. The lowest BCUT2D eigenvalue weighted by Gasteiger charge is -2.18. The van der Waals surface area contributed by atoms with Gasteiger partial charge in [-0.1, -0.05) is 6.07 Å².